The average Bonchev–Trinajstić information content (AvgIpc) is 2.79. The van der Waals surface area contributed by atoms with Gasteiger partial charge in [0, 0.05) is 5.39 Å². The van der Waals surface area contributed by atoms with Gasteiger partial charge in [0.2, 0.25) is 0 Å². The number of hydrogen-bond acceptors (Lipinski definition) is 2. The van der Waals surface area contributed by atoms with Crippen LogP contribution in [0.1, 0.15) is 11.3 Å². The summed E-state index contributed by atoms with van der Waals surface area (Å²) >= 11 is 3.46. The first-order valence-corrected chi connectivity index (χ1v) is 6.88. The number of fused-ring (bicyclic) bond motifs is 1. The molecule has 0 spiro atoms. The molecule has 2 aromatic carbocycles. The molecule has 0 saturated heterocycles. The second-order valence-electron chi connectivity index (χ2n) is 4.47. The highest BCUT2D eigenvalue weighted by atomic mass is 79.9. The van der Waals surface area contributed by atoms with Crippen molar-refractivity contribution in [2.24, 2.45) is 0 Å². The van der Waals surface area contributed by atoms with Crippen LogP contribution in [0.15, 0.2) is 57.4 Å². The fraction of sp³-hybridized carbons (Fsp3) is 0.125. The molecule has 3 rings (SSSR count). The molecule has 0 amide bonds. The zero-order chi connectivity index (χ0) is 13.2. The van der Waals surface area contributed by atoms with Gasteiger partial charge in [-0.15, -0.1) is 0 Å². The molecule has 2 nitrogen and oxygen atoms in total. The first kappa shape index (κ1) is 12.3. The molecule has 0 aliphatic rings. The lowest BCUT2D eigenvalue weighted by Crippen LogP contribution is -1.93. The van der Waals surface area contributed by atoms with Crippen LogP contribution in [-0.4, -0.2) is 0 Å². The summed E-state index contributed by atoms with van der Waals surface area (Å²) in [4.78, 5) is 0. The van der Waals surface area contributed by atoms with Crippen molar-refractivity contribution in [1.29, 1.82) is 0 Å². The maximum absolute atomic E-state index is 5.77. The number of aryl methyl sites for hydroxylation is 1. The predicted octanol–water partition coefficient (Wildman–Crippen LogP) is 5.08. The molecule has 3 aromatic rings. The Morgan fingerprint density at radius 1 is 1.11 bits per heavy atom. The molecule has 1 aromatic heterocycles. The van der Waals surface area contributed by atoms with Crippen LogP contribution in [0.25, 0.3) is 11.0 Å². The van der Waals surface area contributed by atoms with Gasteiger partial charge in [0.25, 0.3) is 0 Å². The lowest BCUT2D eigenvalue weighted by Gasteiger charge is -2.05. The largest absolute Gasteiger partial charge is 0.484 e. The molecule has 0 N–H and O–H groups in total. The Labute approximate surface area is 120 Å². The van der Waals surface area contributed by atoms with Gasteiger partial charge in [-0.25, -0.2) is 0 Å². The number of furan rings is 1. The van der Waals surface area contributed by atoms with Gasteiger partial charge in [0.05, 0.1) is 4.47 Å². The van der Waals surface area contributed by atoms with Gasteiger partial charge in [-0.05, 0) is 52.7 Å². The Bertz CT molecular complexity index is 716. The Hall–Kier alpha value is -1.74. The highest BCUT2D eigenvalue weighted by Crippen LogP contribution is 2.26. The standard InChI is InChI=1S/C16H13BrO2/c1-11-6-7-12-9-13(19-16(12)8-11)10-18-15-5-3-2-4-14(15)17/h2-9H,10H2,1H3. The van der Waals surface area contributed by atoms with E-state index in [-0.39, 0.29) is 0 Å². The van der Waals surface area contributed by atoms with Crippen LogP contribution < -0.4 is 4.74 Å². The Morgan fingerprint density at radius 3 is 2.79 bits per heavy atom. The SMILES string of the molecule is Cc1ccc2cc(COc3ccccc3Br)oc2c1. The number of para-hydroxylation sites is 1. The van der Waals surface area contributed by atoms with Crippen molar-refractivity contribution < 1.29 is 9.15 Å². The van der Waals surface area contributed by atoms with Crippen LogP contribution in [0, 0.1) is 6.92 Å². The minimum absolute atomic E-state index is 0.427. The van der Waals surface area contributed by atoms with E-state index in [1.807, 2.05) is 36.4 Å². The first-order valence-electron chi connectivity index (χ1n) is 6.09. The van der Waals surface area contributed by atoms with E-state index < -0.39 is 0 Å². The third-order valence-electron chi connectivity index (χ3n) is 2.93. The molecule has 0 atom stereocenters. The minimum Gasteiger partial charge on any atom is -0.484 e. The van der Waals surface area contributed by atoms with Gasteiger partial charge in [-0.3, -0.25) is 0 Å². The summed E-state index contributed by atoms with van der Waals surface area (Å²) in [6.45, 7) is 2.48. The summed E-state index contributed by atoms with van der Waals surface area (Å²) in [5.41, 5.74) is 2.10. The molecular weight excluding hydrogens is 304 g/mol. The van der Waals surface area contributed by atoms with Crippen molar-refractivity contribution in [3.8, 4) is 5.75 Å². The van der Waals surface area contributed by atoms with Crippen LogP contribution in [0.4, 0.5) is 0 Å². The van der Waals surface area contributed by atoms with E-state index in [2.05, 4.69) is 35.0 Å². The van der Waals surface area contributed by atoms with Gasteiger partial charge >= 0.3 is 0 Å². The summed E-state index contributed by atoms with van der Waals surface area (Å²) in [5.74, 6) is 1.65. The van der Waals surface area contributed by atoms with Crippen molar-refractivity contribution in [2.45, 2.75) is 13.5 Å². The fourth-order valence-electron chi connectivity index (χ4n) is 1.98. The van der Waals surface area contributed by atoms with Crippen LogP contribution in [0.5, 0.6) is 5.75 Å². The zero-order valence-electron chi connectivity index (χ0n) is 10.5. The van der Waals surface area contributed by atoms with Crippen molar-refractivity contribution in [3.63, 3.8) is 0 Å². The lowest BCUT2D eigenvalue weighted by molar-refractivity contribution is 0.273. The average molecular weight is 317 g/mol. The van der Waals surface area contributed by atoms with Crippen LogP contribution in [-0.2, 0) is 6.61 Å². The topological polar surface area (TPSA) is 22.4 Å². The molecule has 0 saturated carbocycles. The zero-order valence-corrected chi connectivity index (χ0v) is 12.1. The van der Waals surface area contributed by atoms with E-state index in [1.165, 1.54) is 5.56 Å². The highest BCUT2D eigenvalue weighted by Gasteiger charge is 2.06. The van der Waals surface area contributed by atoms with E-state index in [4.69, 9.17) is 9.15 Å². The second kappa shape index (κ2) is 5.10. The molecule has 0 bridgehead atoms. The maximum atomic E-state index is 5.77. The van der Waals surface area contributed by atoms with Crippen molar-refractivity contribution >= 4 is 26.9 Å². The summed E-state index contributed by atoms with van der Waals surface area (Å²) in [7, 11) is 0. The van der Waals surface area contributed by atoms with Gasteiger partial charge in [-0.2, -0.15) is 0 Å². The van der Waals surface area contributed by atoms with Gasteiger partial charge in [0.15, 0.2) is 0 Å². The number of rotatable bonds is 3. The third kappa shape index (κ3) is 2.66. The molecule has 19 heavy (non-hydrogen) atoms. The van der Waals surface area contributed by atoms with Gasteiger partial charge < -0.3 is 9.15 Å². The van der Waals surface area contributed by atoms with Gasteiger partial charge in [0.1, 0.15) is 23.7 Å². The summed E-state index contributed by atoms with van der Waals surface area (Å²) < 4.78 is 12.5. The first-order chi connectivity index (χ1) is 9.22. The van der Waals surface area contributed by atoms with E-state index >= 15 is 0 Å². The maximum Gasteiger partial charge on any atom is 0.146 e. The van der Waals surface area contributed by atoms with E-state index in [1.54, 1.807) is 0 Å². The summed E-state index contributed by atoms with van der Waals surface area (Å²) in [6.07, 6.45) is 0. The molecule has 0 aliphatic heterocycles. The summed E-state index contributed by atoms with van der Waals surface area (Å²) in [6, 6.07) is 16.0. The number of ether oxygens (including phenoxy) is 1. The van der Waals surface area contributed by atoms with E-state index in [9.17, 15) is 0 Å². The fourth-order valence-corrected chi connectivity index (χ4v) is 2.37. The quantitative estimate of drug-likeness (QED) is 0.672. The van der Waals surface area contributed by atoms with Crippen LogP contribution in [0.2, 0.25) is 0 Å². The molecule has 0 fully saturated rings. The van der Waals surface area contributed by atoms with Crippen molar-refractivity contribution in [1.82, 2.24) is 0 Å². The van der Waals surface area contributed by atoms with Crippen LogP contribution >= 0.6 is 15.9 Å². The second-order valence-corrected chi connectivity index (χ2v) is 5.33. The Kier molecular flexibility index (Phi) is 3.30. The molecule has 0 radical (unpaired) electrons. The monoisotopic (exact) mass is 316 g/mol. The molecular formula is C16H13BrO2. The molecule has 0 aliphatic carbocycles. The van der Waals surface area contributed by atoms with Crippen molar-refractivity contribution in [3.05, 3.63) is 64.3 Å². The molecule has 1 heterocycles. The van der Waals surface area contributed by atoms with Crippen LogP contribution in [0.3, 0.4) is 0 Å². The minimum atomic E-state index is 0.427. The number of benzene rings is 2. The lowest BCUT2D eigenvalue weighted by atomic mass is 10.2. The van der Waals surface area contributed by atoms with Crippen molar-refractivity contribution in [2.75, 3.05) is 0 Å². The predicted molar refractivity (Wildman–Crippen MR) is 79.4 cm³/mol. The normalized spacial score (nSPS) is 10.8. The van der Waals surface area contributed by atoms with Gasteiger partial charge in [-0.1, -0.05) is 24.3 Å². The summed E-state index contributed by atoms with van der Waals surface area (Å²) in [5, 5.41) is 1.11. The Balaban J connectivity index is 1.80. The molecule has 0 unspecified atom stereocenters. The number of halogens is 1. The smallest absolute Gasteiger partial charge is 0.146 e. The third-order valence-corrected chi connectivity index (χ3v) is 3.59. The highest BCUT2D eigenvalue weighted by molar-refractivity contribution is 9.10. The molecule has 96 valence electrons. The number of hydrogen-bond donors (Lipinski definition) is 0. The van der Waals surface area contributed by atoms with E-state index in [0.29, 0.717) is 6.61 Å². The van der Waals surface area contributed by atoms with E-state index in [0.717, 1.165) is 27.0 Å². The Morgan fingerprint density at radius 2 is 1.95 bits per heavy atom. The molecule has 3 heteroatoms.